The van der Waals surface area contributed by atoms with Gasteiger partial charge in [0, 0.05) is 4.88 Å². The standard InChI is InChI=1S/C24H22I2N2O4S2/c1-5-31-23(30)19-13(4)27-24-28(20(19)17-7-6-8-33-17)22(29)18(34-24)11-14-9-15(25)21(16(26)10-14)32-12(2)3/h6-12,20H,5H2,1-4H3/b18-11-/t20-/m1/s1. The molecule has 6 nitrogen and oxygen atoms in total. The van der Waals surface area contributed by atoms with Crippen LogP contribution < -0.4 is 19.6 Å². The van der Waals surface area contributed by atoms with Crippen molar-refractivity contribution >= 4 is 79.9 Å². The van der Waals surface area contributed by atoms with Crippen molar-refractivity contribution < 1.29 is 14.3 Å². The van der Waals surface area contributed by atoms with Crippen molar-refractivity contribution in [3.8, 4) is 5.75 Å². The summed E-state index contributed by atoms with van der Waals surface area (Å²) < 4.78 is 15.4. The number of benzene rings is 1. The second kappa shape index (κ2) is 10.6. The second-order valence-corrected chi connectivity index (χ2v) is 12.1. The number of ether oxygens (including phenoxy) is 2. The maximum absolute atomic E-state index is 13.6. The maximum Gasteiger partial charge on any atom is 0.338 e. The van der Waals surface area contributed by atoms with Gasteiger partial charge in [0.05, 0.1) is 35.7 Å². The van der Waals surface area contributed by atoms with Gasteiger partial charge in [0.15, 0.2) is 4.80 Å². The third kappa shape index (κ3) is 5.05. The van der Waals surface area contributed by atoms with Gasteiger partial charge in [-0.15, -0.1) is 11.3 Å². The minimum atomic E-state index is -0.556. The number of aromatic nitrogens is 1. The molecule has 10 heteroatoms. The molecule has 0 saturated carbocycles. The molecule has 3 aromatic rings. The van der Waals surface area contributed by atoms with Gasteiger partial charge in [-0.2, -0.15) is 0 Å². The van der Waals surface area contributed by atoms with E-state index in [1.807, 2.05) is 49.6 Å². The van der Waals surface area contributed by atoms with Crippen LogP contribution in [0.4, 0.5) is 0 Å². The van der Waals surface area contributed by atoms with Crippen molar-refractivity contribution in [3.63, 3.8) is 0 Å². The minimum absolute atomic E-state index is 0.0747. The summed E-state index contributed by atoms with van der Waals surface area (Å²) in [6.07, 6.45) is 1.95. The van der Waals surface area contributed by atoms with Crippen molar-refractivity contribution in [2.24, 2.45) is 4.99 Å². The van der Waals surface area contributed by atoms with Crippen LogP contribution >= 0.6 is 67.9 Å². The number of thiazole rings is 1. The zero-order valence-corrected chi connectivity index (χ0v) is 24.9. The third-order valence-electron chi connectivity index (χ3n) is 5.00. The number of thiophene rings is 1. The largest absolute Gasteiger partial charge is 0.489 e. The Hall–Kier alpha value is -1.51. The van der Waals surface area contributed by atoms with E-state index in [1.165, 1.54) is 22.7 Å². The fraction of sp³-hybridized carbons (Fsp3) is 0.292. The van der Waals surface area contributed by atoms with Crippen LogP contribution in [-0.4, -0.2) is 23.2 Å². The van der Waals surface area contributed by atoms with Gasteiger partial charge in [0.25, 0.3) is 5.56 Å². The molecule has 0 radical (unpaired) electrons. The number of carbonyl (C=O) groups is 1. The first-order chi connectivity index (χ1) is 16.2. The first kappa shape index (κ1) is 25.6. The highest BCUT2D eigenvalue weighted by Gasteiger charge is 2.33. The van der Waals surface area contributed by atoms with Gasteiger partial charge in [-0.1, -0.05) is 17.4 Å². The topological polar surface area (TPSA) is 69.9 Å². The monoisotopic (exact) mass is 720 g/mol. The molecule has 2 aromatic heterocycles. The Morgan fingerprint density at radius 2 is 2.00 bits per heavy atom. The predicted molar refractivity (Wildman–Crippen MR) is 152 cm³/mol. The molecular formula is C24H22I2N2O4S2. The molecule has 4 rings (SSSR count). The lowest BCUT2D eigenvalue weighted by Gasteiger charge is -2.23. The van der Waals surface area contributed by atoms with Crippen LogP contribution in [0.25, 0.3) is 6.08 Å². The van der Waals surface area contributed by atoms with Crippen LogP contribution in [0.3, 0.4) is 0 Å². The molecule has 3 heterocycles. The number of hydrogen-bond acceptors (Lipinski definition) is 7. The van der Waals surface area contributed by atoms with E-state index in [4.69, 9.17) is 9.47 Å². The Morgan fingerprint density at radius 1 is 1.29 bits per heavy atom. The van der Waals surface area contributed by atoms with Crippen LogP contribution in [0.2, 0.25) is 0 Å². The van der Waals surface area contributed by atoms with E-state index >= 15 is 0 Å². The summed E-state index contributed by atoms with van der Waals surface area (Å²) in [6.45, 7) is 7.81. The number of halogens is 2. The Morgan fingerprint density at radius 3 is 2.59 bits per heavy atom. The Balaban J connectivity index is 1.87. The Kier molecular flexibility index (Phi) is 7.99. The van der Waals surface area contributed by atoms with Gasteiger partial charge in [0.2, 0.25) is 0 Å². The zero-order chi connectivity index (χ0) is 24.6. The quantitative estimate of drug-likeness (QED) is 0.270. The van der Waals surface area contributed by atoms with Crippen molar-refractivity contribution in [2.75, 3.05) is 6.61 Å². The number of nitrogens with zero attached hydrogens (tertiary/aromatic N) is 2. The molecule has 0 spiro atoms. The number of hydrogen-bond donors (Lipinski definition) is 0. The van der Waals surface area contributed by atoms with Gasteiger partial charge >= 0.3 is 5.97 Å². The second-order valence-electron chi connectivity index (χ2n) is 7.80. The molecule has 0 amide bonds. The normalized spacial score (nSPS) is 16.0. The lowest BCUT2D eigenvalue weighted by Crippen LogP contribution is -2.39. The molecule has 0 N–H and O–H groups in total. The van der Waals surface area contributed by atoms with Gasteiger partial charge in [0.1, 0.15) is 11.8 Å². The first-order valence-corrected chi connectivity index (χ1v) is 14.4. The molecule has 1 aromatic carbocycles. The minimum Gasteiger partial charge on any atom is -0.489 e. The van der Waals surface area contributed by atoms with E-state index in [0.717, 1.165) is 23.3 Å². The number of fused-ring (bicyclic) bond motifs is 1. The smallest absolute Gasteiger partial charge is 0.338 e. The summed E-state index contributed by atoms with van der Waals surface area (Å²) in [5.74, 6) is 0.406. The van der Waals surface area contributed by atoms with Crippen molar-refractivity contribution in [2.45, 2.75) is 39.8 Å². The summed E-state index contributed by atoms with van der Waals surface area (Å²) in [4.78, 5) is 32.6. The SMILES string of the molecule is CCOC(=O)C1=C(C)N=c2s/c(=C\c3cc(I)c(OC(C)C)c(I)c3)c(=O)n2[C@@H]1c1cccs1. The number of rotatable bonds is 6. The molecule has 1 atom stereocenters. The number of carbonyl (C=O) groups excluding carboxylic acids is 1. The molecule has 178 valence electrons. The molecule has 0 saturated heterocycles. The fourth-order valence-electron chi connectivity index (χ4n) is 3.67. The van der Waals surface area contributed by atoms with Gasteiger partial charge in [-0.3, -0.25) is 9.36 Å². The highest BCUT2D eigenvalue weighted by molar-refractivity contribution is 14.1. The molecule has 0 aliphatic carbocycles. The first-order valence-electron chi connectivity index (χ1n) is 10.6. The third-order valence-corrected chi connectivity index (χ3v) is 8.51. The highest BCUT2D eigenvalue weighted by Crippen LogP contribution is 2.33. The summed E-state index contributed by atoms with van der Waals surface area (Å²) in [5.41, 5.74) is 1.71. The zero-order valence-electron chi connectivity index (χ0n) is 18.9. The lowest BCUT2D eigenvalue weighted by atomic mass is 10.0. The van der Waals surface area contributed by atoms with E-state index in [1.54, 1.807) is 18.4 Å². The maximum atomic E-state index is 13.6. The predicted octanol–water partition coefficient (Wildman–Crippen LogP) is 4.86. The molecule has 1 aliphatic rings. The van der Waals surface area contributed by atoms with Crippen molar-refractivity contribution in [1.82, 2.24) is 4.57 Å². The van der Waals surface area contributed by atoms with Crippen LogP contribution in [0.5, 0.6) is 5.75 Å². The molecular weight excluding hydrogens is 698 g/mol. The van der Waals surface area contributed by atoms with Crippen LogP contribution in [0, 0.1) is 7.14 Å². The molecule has 0 fully saturated rings. The Bertz CT molecular complexity index is 1430. The summed E-state index contributed by atoms with van der Waals surface area (Å²) in [6, 6.07) is 7.30. The highest BCUT2D eigenvalue weighted by atomic mass is 127. The number of esters is 1. The summed E-state index contributed by atoms with van der Waals surface area (Å²) in [5, 5.41) is 1.94. The van der Waals surface area contributed by atoms with E-state index < -0.39 is 12.0 Å². The van der Waals surface area contributed by atoms with Gasteiger partial charge in [-0.25, -0.2) is 9.79 Å². The molecule has 1 aliphatic heterocycles. The van der Waals surface area contributed by atoms with E-state index in [-0.39, 0.29) is 18.3 Å². The van der Waals surface area contributed by atoms with Crippen LogP contribution in [0.1, 0.15) is 44.2 Å². The van der Waals surface area contributed by atoms with Crippen molar-refractivity contribution in [1.29, 1.82) is 0 Å². The van der Waals surface area contributed by atoms with Crippen molar-refractivity contribution in [3.05, 3.63) is 78.2 Å². The summed E-state index contributed by atoms with van der Waals surface area (Å²) >= 11 is 7.34. The fourth-order valence-corrected chi connectivity index (χ4v) is 7.61. The summed E-state index contributed by atoms with van der Waals surface area (Å²) in [7, 11) is 0. The molecule has 0 bridgehead atoms. The average molecular weight is 720 g/mol. The average Bonchev–Trinajstić information content (AvgIpc) is 3.39. The van der Waals surface area contributed by atoms with E-state index in [0.29, 0.717) is 20.6 Å². The van der Waals surface area contributed by atoms with E-state index in [9.17, 15) is 9.59 Å². The number of allylic oxidation sites excluding steroid dienone is 1. The van der Waals surface area contributed by atoms with Gasteiger partial charge < -0.3 is 9.47 Å². The molecule has 0 unspecified atom stereocenters. The van der Waals surface area contributed by atoms with E-state index in [2.05, 4.69) is 50.2 Å². The Labute approximate surface area is 232 Å². The van der Waals surface area contributed by atoms with Gasteiger partial charge in [-0.05, 0) is 108 Å². The molecule has 34 heavy (non-hydrogen) atoms. The van der Waals surface area contributed by atoms with Crippen LogP contribution in [0.15, 0.2) is 50.7 Å². The van der Waals surface area contributed by atoms with Crippen LogP contribution in [-0.2, 0) is 9.53 Å². The lowest BCUT2D eigenvalue weighted by molar-refractivity contribution is -0.139.